The van der Waals surface area contributed by atoms with E-state index in [0.717, 1.165) is 97.1 Å². The third kappa shape index (κ3) is 17.0. The second kappa shape index (κ2) is 36.6. The molecule has 0 saturated carbocycles. The first-order chi connectivity index (χ1) is 65.8. The van der Waals surface area contributed by atoms with Gasteiger partial charge in [0, 0.05) is 150 Å². The zero-order valence-electron chi connectivity index (χ0n) is 81.2. The molecule has 6 heteroatoms. The Labute approximate surface area is 799 Å². The third-order valence-electron chi connectivity index (χ3n) is 29.8. The Morgan fingerprint density at radius 3 is 0.963 bits per heavy atom. The number of aromatic nitrogens is 4. The maximum Gasteiger partial charge on any atom is 0.0580 e. The number of rotatable bonds is 30. The molecule has 0 bridgehead atoms. The molecule has 0 fully saturated rings. The number of hydrogen-bond acceptors (Lipinski definition) is 2. The molecule has 14 aromatic carbocycles. The predicted octanol–water partition coefficient (Wildman–Crippen LogP) is 33.2. The maximum absolute atomic E-state index is 2.64. The van der Waals surface area contributed by atoms with E-state index >= 15 is 0 Å². The fraction of sp³-hybridized carbons (Fsp3) is 0.287. The Morgan fingerprint density at radius 1 is 0.222 bits per heavy atom. The maximum atomic E-state index is 2.64. The Bertz CT molecular complexity index is 7680. The summed E-state index contributed by atoms with van der Waals surface area (Å²) in [7, 11) is 0. The van der Waals surface area contributed by atoms with Crippen molar-refractivity contribution in [1.29, 1.82) is 0 Å². The van der Waals surface area contributed by atoms with Crippen LogP contribution >= 0.6 is 0 Å². The largest absolute Gasteiger partial charge is 0.364 e. The van der Waals surface area contributed by atoms with Crippen LogP contribution in [0.2, 0.25) is 0 Å². The lowest BCUT2D eigenvalue weighted by molar-refractivity contribution is 0.545. The minimum absolute atomic E-state index is 0.340. The molecule has 18 aromatic rings. The number of fused-ring (bicyclic) bond motifs is 18. The van der Waals surface area contributed by atoms with Crippen molar-refractivity contribution in [2.75, 3.05) is 22.9 Å². The van der Waals surface area contributed by atoms with Gasteiger partial charge in [0.05, 0.1) is 12.1 Å². The zero-order valence-corrected chi connectivity index (χ0v) is 81.2. The van der Waals surface area contributed by atoms with Gasteiger partial charge in [-0.1, -0.05) is 283 Å². The van der Waals surface area contributed by atoms with Gasteiger partial charge in [0.1, 0.15) is 0 Å². The van der Waals surface area contributed by atoms with Crippen molar-refractivity contribution >= 4 is 104 Å². The summed E-state index contributed by atoms with van der Waals surface area (Å²) in [5.74, 6) is 3.99. The highest BCUT2D eigenvalue weighted by atomic mass is 15.2. The summed E-state index contributed by atoms with van der Waals surface area (Å²) >= 11 is 0. The van der Waals surface area contributed by atoms with Crippen molar-refractivity contribution in [3.8, 4) is 55.6 Å². The minimum Gasteiger partial charge on any atom is -0.364 e. The molecule has 676 valence electrons. The molecule has 6 nitrogen and oxygen atoms in total. The molecule has 4 aliphatic rings. The van der Waals surface area contributed by atoms with Crippen LogP contribution in [0.4, 0.5) is 11.4 Å². The predicted molar refractivity (Wildman–Crippen MR) is 580 cm³/mol. The normalized spacial score (nSPS) is 15.9. The molecule has 0 N–H and O–H groups in total. The molecule has 0 amide bonds. The van der Waals surface area contributed by atoms with Crippen LogP contribution in [0.1, 0.15) is 164 Å². The second-order valence-corrected chi connectivity index (χ2v) is 42.7. The van der Waals surface area contributed by atoms with Crippen LogP contribution in [0.15, 0.2) is 328 Å². The number of hydrogen-bond donors (Lipinski definition) is 0. The van der Waals surface area contributed by atoms with Crippen LogP contribution in [0.25, 0.3) is 148 Å². The van der Waals surface area contributed by atoms with Crippen molar-refractivity contribution in [2.45, 2.75) is 191 Å². The molecule has 135 heavy (non-hydrogen) atoms. The molecule has 0 saturated heterocycles. The van der Waals surface area contributed by atoms with E-state index in [9.17, 15) is 0 Å². The van der Waals surface area contributed by atoms with Gasteiger partial charge in [-0.15, -0.1) is 0 Å². The van der Waals surface area contributed by atoms with E-state index in [4.69, 9.17) is 0 Å². The fourth-order valence-corrected chi connectivity index (χ4v) is 23.6. The molecule has 4 aromatic heterocycles. The lowest BCUT2D eigenvalue weighted by Crippen LogP contribution is -2.35. The topological polar surface area (TPSA) is 26.2 Å². The lowest BCUT2D eigenvalue weighted by Gasteiger charge is -2.31. The molecule has 4 atom stereocenters. The first-order valence-electron chi connectivity index (χ1n) is 50.9. The number of benzene rings is 14. The SMILES string of the molecule is CC(C)CN1c2ccccc2C2C=C(c3ccc4c(c3)c3cc(CCCc5ccc(-c6cc(-c7ccc(CCCc8ccc9c(c8)c8cc(-c%10ccc%11c(c%10)C%10C=CC=CC%10N%11CC(C)C)ccc8n9CC(C)C)cc7)cc(-c7ccc(CCCc8ccc9c(c8)c8cc(-c%10ccc%11c(c%10)c%10ccccc%10n%11CC(C)C)ccc8n9CC(C)C)cc7)c6)cc5)ccc3n4CC(C)C)C=CC21. The fourth-order valence-electron chi connectivity index (χ4n) is 23.6. The summed E-state index contributed by atoms with van der Waals surface area (Å²) in [5.41, 5.74) is 39.8. The van der Waals surface area contributed by atoms with Gasteiger partial charge in [0.2, 0.25) is 0 Å². The molecule has 2 aliphatic carbocycles. The first kappa shape index (κ1) is 87.2. The van der Waals surface area contributed by atoms with Crippen LogP contribution in [-0.4, -0.2) is 43.4 Å². The van der Waals surface area contributed by atoms with E-state index in [1.54, 1.807) is 0 Å². The lowest BCUT2D eigenvalue weighted by atomic mass is 9.86. The van der Waals surface area contributed by atoms with E-state index in [0.29, 0.717) is 59.4 Å². The van der Waals surface area contributed by atoms with Crippen LogP contribution < -0.4 is 9.80 Å². The number of para-hydroxylation sites is 2. The van der Waals surface area contributed by atoms with E-state index in [-0.39, 0.29) is 0 Å². The highest BCUT2D eigenvalue weighted by molar-refractivity contribution is 6.14. The summed E-state index contributed by atoms with van der Waals surface area (Å²) in [6, 6.07) is 113. The van der Waals surface area contributed by atoms with Crippen LogP contribution in [0.3, 0.4) is 0 Å². The molecule has 22 rings (SSSR count). The van der Waals surface area contributed by atoms with Crippen molar-refractivity contribution in [3.63, 3.8) is 0 Å². The van der Waals surface area contributed by atoms with Crippen molar-refractivity contribution in [2.24, 2.45) is 35.5 Å². The summed E-state index contributed by atoms with van der Waals surface area (Å²) in [5, 5.41) is 10.8. The molecule has 2 aliphatic heterocycles. The van der Waals surface area contributed by atoms with E-state index < -0.39 is 0 Å². The van der Waals surface area contributed by atoms with Crippen LogP contribution in [0.5, 0.6) is 0 Å². The average Bonchev–Trinajstić information content (AvgIpc) is 1.59. The highest BCUT2D eigenvalue weighted by Crippen LogP contribution is 2.50. The van der Waals surface area contributed by atoms with Gasteiger partial charge in [-0.3, -0.25) is 0 Å². The summed E-state index contributed by atoms with van der Waals surface area (Å²) < 4.78 is 10.3. The summed E-state index contributed by atoms with van der Waals surface area (Å²) in [6.45, 7) is 34.1. The molecule has 4 unspecified atom stereocenters. The van der Waals surface area contributed by atoms with Crippen LogP contribution in [0, 0.1) is 35.5 Å². The molecule has 0 radical (unpaired) electrons. The number of nitrogens with zero attached hydrogens (tertiary/aromatic N) is 6. The molecule has 0 spiro atoms. The standard InChI is InChI=1S/C129H130N6/c1-82(2)76-130-118-31-16-13-28-106(118)112-70-97(49-58-124(112)130)100-52-61-127-115(73-100)109-64-91(40-55-121(109)133(127)79-85(7)8)25-19-22-88-34-43-94(44-35-88)103-67-104(95-45-36-89(37-46-95)23-20-26-92-41-56-122-110(65-92)116-74-101(53-62-128(116)134(122)80-86(9)10)98-50-59-125-113(71-98)107-29-14-17-32-119(107)131(125)77-83(3)4)69-105(68-103)96-47-38-90(39-48-96)24-21-27-93-42-57-123-111(66-93)117-75-102(54-63-129(117)135(123)81-87(11)12)99-51-60-126-114(72-99)108-30-15-18-33-120(108)132(126)78-84(5)6/h13-18,28-75,82-87,106,113,118,125H,19-27,76-81H2,1-12H3. The first-order valence-corrected chi connectivity index (χ1v) is 50.9. The van der Waals surface area contributed by atoms with Crippen LogP contribution in [-0.2, 0) is 64.7 Å². The summed E-state index contributed by atoms with van der Waals surface area (Å²) in [6.07, 6.45) is 26.1. The molecular formula is C129H130N6. The number of anilines is 2. The zero-order chi connectivity index (χ0) is 92.0. The Hall–Kier alpha value is -13.2. The molecular weight excluding hydrogens is 1630 g/mol. The van der Waals surface area contributed by atoms with E-state index in [1.165, 1.54) is 210 Å². The van der Waals surface area contributed by atoms with Gasteiger partial charge in [-0.05, 0) is 332 Å². The molecule has 6 heterocycles. The summed E-state index contributed by atoms with van der Waals surface area (Å²) in [4.78, 5) is 5.28. The highest BCUT2D eigenvalue weighted by Gasteiger charge is 2.39. The Kier molecular flexibility index (Phi) is 23.6. The van der Waals surface area contributed by atoms with Gasteiger partial charge in [0.15, 0.2) is 0 Å². The smallest absolute Gasteiger partial charge is 0.0580 e. The van der Waals surface area contributed by atoms with Gasteiger partial charge in [-0.2, -0.15) is 0 Å². The monoisotopic (exact) mass is 1760 g/mol. The quantitative estimate of drug-likeness (QED) is 0.0448. The Morgan fingerprint density at radius 2 is 0.533 bits per heavy atom. The second-order valence-electron chi connectivity index (χ2n) is 42.7. The Balaban J connectivity index is 0.518. The van der Waals surface area contributed by atoms with E-state index in [1.807, 2.05) is 0 Å². The van der Waals surface area contributed by atoms with Gasteiger partial charge < -0.3 is 28.1 Å². The third-order valence-corrected chi connectivity index (χ3v) is 29.8. The van der Waals surface area contributed by atoms with Crippen molar-refractivity contribution in [1.82, 2.24) is 18.3 Å². The number of allylic oxidation sites excluding steroid dienone is 4. The van der Waals surface area contributed by atoms with Gasteiger partial charge in [0.25, 0.3) is 0 Å². The number of aryl methyl sites for hydroxylation is 6. The average molecular weight is 1760 g/mol. The van der Waals surface area contributed by atoms with E-state index in [2.05, 4.69) is 439 Å². The minimum atomic E-state index is 0.340. The van der Waals surface area contributed by atoms with Gasteiger partial charge in [-0.25, -0.2) is 0 Å². The van der Waals surface area contributed by atoms with Crippen molar-refractivity contribution in [3.05, 3.63) is 378 Å². The van der Waals surface area contributed by atoms with Crippen molar-refractivity contribution < 1.29 is 0 Å². The van der Waals surface area contributed by atoms with Gasteiger partial charge >= 0.3 is 0 Å².